The smallest absolute Gasteiger partial charge is 0.231 e. The van der Waals surface area contributed by atoms with Crippen LogP contribution in [0.3, 0.4) is 0 Å². The first-order valence-corrected chi connectivity index (χ1v) is 9.22. The highest BCUT2D eigenvalue weighted by molar-refractivity contribution is 5.45. The van der Waals surface area contributed by atoms with Gasteiger partial charge in [-0.25, -0.2) is 0 Å². The van der Waals surface area contributed by atoms with Crippen LogP contribution in [-0.2, 0) is 14.2 Å². The lowest BCUT2D eigenvalue weighted by Gasteiger charge is -2.43. The SMILES string of the molecule is C=CC[C@H]1C(OC)=C[C@H](OC)[C@@]2(O)O[C@@H](c3ccc4c(c3)OCO4)[C@@H](C)[C@@H]12. The normalized spacial score (nSPS) is 36.9. The highest BCUT2D eigenvalue weighted by Crippen LogP contribution is 2.57. The topological polar surface area (TPSA) is 66.4 Å². The monoisotopic (exact) mass is 374 g/mol. The fourth-order valence-electron chi connectivity index (χ4n) is 4.80. The summed E-state index contributed by atoms with van der Waals surface area (Å²) >= 11 is 0. The Morgan fingerprint density at radius 3 is 2.78 bits per heavy atom. The number of hydrogen-bond acceptors (Lipinski definition) is 6. The first-order valence-electron chi connectivity index (χ1n) is 9.22. The van der Waals surface area contributed by atoms with Crippen molar-refractivity contribution in [2.75, 3.05) is 21.0 Å². The summed E-state index contributed by atoms with van der Waals surface area (Å²) in [7, 11) is 3.22. The Hall–Kier alpha value is -2.02. The Morgan fingerprint density at radius 2 is 2.07 bits per heavy atom. The maximum Gasteiger partial charge on any atom is 0.231 e. The molecule has 0 bridgehead atoms. The summed E-state index contributed by atoms with van der Waals surface area (Å²) < 4.78 is 28.4. The Labute approximate surface area is 159 Å². The fraction of sp³-hybridized carbons (Fsp3) is 0.524. The van der Waals surface area contributed by atoms with Crippen molar-refractivity contribution in [1.82, 2.24) is 0 Å². The zero-order valence-corrected chi connectivity index (χ0v) is 15.9. The second-order valence-electron chi connectivity index (χ2n) is 7.35. The molecule has 1 aromatic rings. The summed E-state index contributed by atoms with van der Waals surface area (Å²) in [6.45, 7) is 6.19. The lowest BCUT2D eigenvalue weighted by Crippen LogP contribution is -2.53. The molecule has 1 N–H and O–H groups in total. The van der Waals surface area contributed by atoms with Gasteiger partial charge < -0.3 is 28.8 Å². The fourth-order valence-corrected chi connectivity index (χ4v) is 4.80. The maximum absolute atomic E-state index is 11.5. The molecule has 1 saturated heterocycles. The minimum absolute atomic E-state index is 0.0248. The summed E-state index contributed by atoms with van der Waals surface area (Å²) in [6, 6.07) is 5.77. The van der Waals surface area contributed by atoms with Crippen LogP contribution in [0.15, 0.2) is 42.7 Å². The molecule has 6 atom stereocenters. The molecule has 1 fully saturated rings. The third kappa shape index (κ3) is 2.74. The van der Waals surface area contributed by atoms with E-state index >= 15 is 0 Å². The molecular weight excluding hydrogens is 348 g/mol. The van der Waals surface area contributed by atoms with E-state index in [4.69, 9.17) is 23.7 Å². The average Bonchev–Trinajstić information content (AvgIpc) is 3.24. The van der Waals surface area contributed by atoms with Crippen LogP contribution in [0, 0.1) is 17.8 Å². The van der Waals surface area contributed by atoms with Crippen molar-refractivity contribution in [3.63, 3.8) is 0 Å². The lowest BCUT2D eigenvalue weighted by atomic mass is 9.69. The van der Waals surface area contributed by atoms with Crippen LogP contribution in [0.2, 0.25) is 0 Å². The zero-order chi connectivity index (χ0) is 19.2. The van der Waals surface area contributed by atoms with E-state index in [0.717, 1.165) is 17.1 Å². The van der Waals surface area contributed by atoms with E-state index in [9.17, 15) is 5.11 Å². The average molecular weight is 374 g/mol. The number of hydrogen-bond donors (Lipinski definition) is 1. The molecule has 27 heavy (non-hydrogen) atoms. The van der Waals surface area contributed by atoms with E-state index in [1.165, 1.54) is 0 Å². The largest absolute Gasteiger partial charge is 0.501 e. The summed E-state index contributed by atoms with van der Waals surface area (Å²) in [5.41, 5.74) is 0.945. The predicted molar refractivity (Wildman–Crippen MR) is 98.2 cm³/mol. The molecule has 6 nitrogen and oxygen atoms in total. The molecule has 0 radical (unpaired) electrons. The second kappa shape index (κ2) is 6.86. The molecule has 2 aliphatic heterocycles. The quantitative estimate of drug-likeness (QED) is 0.799. The number of benzene rings is 1. The predicted octanol–water partition coefficient (Wildman–Crippen LogP) is 3.18. The van der Waals surface area contributed by atoms with Gasteiger partial charge in [0.1, 0.15) is 6.10 Å². The molecule has 146 valence electrons. The number of fused-ring (bicyclic) bond motifs is 2. The third-order valence-electron chi connectivity index (χ3n) is 5.99. The van der Waals surface area contributed by atoms with Crippen LogP contribution in [0.1, 0.15) is 25.0 Å². The molecule has 3 aliphatic rings. The van der Waals surface area contributed by atoms with Gasteiger partial charge in [0.2, 0.25) is 12.6 Å². The molecule has 1 aliphatic carbocycles. The molecule has 0 aromatic heterocycles. The third-order valence-corrected chi connectivity index (χ3v) is 5.99. The van der Waals surface area contributed by atoms with Crippen LogP contribution in [0.5, 0.6) is 11.5 Å². The molecular formula is C21H26O6. The van der Waals surface area contributed by atoms with Crippen LogP contribution in [-0.4, -0.2) is 38.0 Å². The number of allylic oxidation sites excluding steroid dienone is 2. The van der Waals surface area contributed by atoms with Crippen LogP contribution < -0.4 is 9.47 Å². The van der Waals surface area contributed by atoms with Crippen molar-refractivity contribution in [2.24, 2.45) is 17.8 Å². The van der Waals surface area contributed by atoms with Crippen molar-refractivity contribution >= 4 is 0 Å². The van der Waals surface area contributed by atoms with Gasteiger partial charge in [0.05, 0.1) is 19.0 Å². The summed E-state index contributed by atoms with van der Waals surface area (Å²) in [4.78, 5) is 0. The Morgan fingerprint density at radius 1 is 1.30 bits per heavy atom. The van der Waals surface area contributed by atoms with E-state index in [-0.39, 0.29) is 30.7 Å². The van der Waals surface area contributed by atoms with E-state index in [2.05, 4.69) is 13.5 Å². The molecule has 2 heterocycles. The van der Waals surface area contributed by atoms with E-state index < -0.39 is 11.9 Å². The molecule has 6 heteroatoms. The van der Waals surface area contributed by atoms with Crippen LogP contribution >= 0.6 is 0 Å². The van der Waals surface area contributed by atoms with Crippen molar-refractivity contribution in [1.29, 1.82) is 0 Å². The number of methoxy groups -OCH3 is 2. The number of aliphatic hydroxyl groups is 1. The first kappa shape index (κ1) is 18.3. The first-order chi connectivity index (χ1) is 13.0. The molecule has 0 unspecified atom stereocenters. The van der Waals surface area contributed by atoms with Gasteiger partial charge in [-0.15, -0.1) is 6.58 Å². The van der Waals surface area contributed by atoms with E-state index in [1.54, 1.807) is 14.2 Å². The molecule has 0 amide bonds. The van der Waals surface area contributed by atoms with Crippen LogP contribution in [0.25, 0.3) is 0 Å². The van der Waals surface area contributed by atoms with Gasteiger partial charge in [0, 0.05) is 18.9 Å². The van der Waals surface area contributed by atoms with E-state index in [1.807, 2.05) is 30.4 Å². The summed E-state index contributed by atoms with van der Waals surface area (Å²) in [5, 5.41) is 11.5. The minimum atomic E-state index is -1.44. The Balaban J connectivity index is 1.73. The molecule has 0 spiro atoms. The zero-order valence-electron chi connectivity index (χ0n) is 15.9. The highest BCUT2D eigenvalue weighted by Gasteiger charge is 2.62. The maximum atomic E-state index is 11.5. The van der Waals surface area contributed by atoms with Crippen molar-refractivity contribution < 1.29 is 28.8 Å². The van der Waals surface area contributed by atoms with Crippen molar-refractivity contribution in [3.05, 3.63) is 48.3 Å². The number of ether oxygens (including phenoxy) is 5. The Bertz CT molecular complexity index is 759. The van der Waals surface area contributed by atoms with Crippen LogP contribution in [0.4, 0.5) is 0 Å². The van der Waals surface area contributed by atoms with Crippen molar-refractivity contribution in [2.45, 2.75) is 31.3 Å². The van der Waals surface area contributed by atoms with E-state index in [0.29, 0.717) is 12.2 Å². The number of rotatable bonds is 5. The van der Waals surface area contributed by atoms with Gasteiger partial charge in [-0.3, -0.25) is 0 Å². The standard InChI is InChI=1S/C21H26O6/c1-5-6-14-16(23-3)10-18(24-4)21(22)19(14)12(2)20(27-21)13-7-8-15-17(9-13)26-11-25-15/h5,7-10,12,14,18-20,22H,1,6,11H2,2-4H3/t12-,14-,18-,19-,20+,21+/m0/s1. The molecule has 4 rings (SSSR count). The van der Waals surface area contributed by atoms with Gasteiger partial charge in [-0.2, -0.15) is 0 Å². The van der Waals surface area contributed by atoms with Gasteiger partial charge in [-0.1, -0.05) is 19.1 Å². The minimum Gasteiger partial charge on any atom is -0.501 e. The molecule has 1 aromatic carbocycles. The van der Waals surface area contributed by atoms with Gasteiger partial charge in [-0.05, 0) is 36.1 Å². The van der Waals surface area contributed by atoms with Crippen molar-refractivity contribution in [3.8, 4) is 11.5 Å². The lowest BCUT2D eigenvalue weighted by molar-refractivity contribution is -0.270. The molecule has 0 saturated carbocycles. The van der Waals surface area contributed by atoms with Gasteiger partial charge >= 0.3 is 0 Å². The summed E-state index contributed by atoms with van der Waals surface area (Å²) in [6.07, 6.45) is 3.44. The van der Waals surface area contributed by atoms with Gasteiger partial charge in [0.15, 0.2) is 11.5 Å². The Kier molecular flexibility index (Phi) is 4.66. The van der Waals surface area contributed by atoms with Gasteiger partial charge in [0.25, 0.3) is 0 Å². The second-order valence-corrected chi connectivity index (χ2v) is 7.35. The summed E-state index contributed by atoms with van der Waals surface area (Å²) in [5.74, 6) is 0.587. The highest BCUT2D eigenvalue weighted by atomic mass is 16.7.